The van der Waals surface area contributed by atoms with Crippen LogP contribution < -0.4 is 0 Å². The van der Waals surface area contributed by atoms with Crippen LogP contribution in [0.3, 0.4) is 0 Å². The number of nitrogens with zero attached hydrogens (tertiary/aromatic N) is 3. The van der Waals surface area contributed by atoms with Crippen LogP contribution in [-0.4, -0.2) is 21.7 Å². The third kappa shape index (κ3) is 3.49. The van der Waals surface area contributed by atoms with Crippen molar-refractivity contribution in [2.75, 3.05) is 0 Å². The summed E-state index contributed by atoms with van der Waals surface area (Å²) in [7, 11) is 0. The second-order valence-corrected chi connectivity index (χ2v) is 6.53. The Labute approximate surface area is 156 Å². The fourth-order valence-electron chi connectivity index (χ4n) is 2.31. The van der Waals surface area contributed by atoms with Gasteiger partial charge in [-0.3, -0.25) is 14.9 Å². The Morgan fingerprint density at radius 3 is 2.60 bits per heavy atom. The zero-order chi connectivity index (χ0) is 18.1. The van der Waals surface area contributed by atoms with E-state index in [4.69, 9.17) is 16.3 Å². The van der Waals surface area contributed by atoms with E-state index in [1.807, 2.05) is 12.1 Å². The number of nitro groups is 1. The highest BCUT2D eigenvalue weighted by Crippen LogP contribution is 2.33. The highest BCUT2D eigenvalue weighted by molar-refractivity contribution is 9.10. The summed E-state index contributed by atoms with van der Waals surface area (Å²) in [5.74, 6) is -0.277. The summed E-state index contributed by atoms with van der Waals surface area (Å²) in [5, 5.41) is 16.6. The van der Waals surface area contributed by atoms with Gasteiger partial charge in [0, 0.05) is 29.1 Å². The number of amides is 1. The van der Waals surface area contributed by atoms with Gasteiger partial charge >= 0.3 is 0 Å². The molecule has 0 saturated heterocycles. The molecule has 0 unspecified atom stereocenters. The molecular formula is C16H11BrClN3O4. The van der Waals surface area contributed by atoms with Gasteiger partial charge in [-0.2, -0.15) is 5.01 Å². The molecule has 2 aromatic carbocycles. The summed E-state index contributed by atoms with van der Waals surface area (Å²) in [4.78, 5) is 22.4. The molecule has 7 nitrogen and oxygen atoms in total. The third-order valence-corrected chi connectivity index (χ3v) is 4.37. The molecule has 0 aromatic heterocycles. The van der Waals surface area contributed by atoms with Gasteiger partial charge in [-0.15, -0.1) is 5.10 Å². The predicted molar refractivity (Wildman–Crippen MR) is 95.1 cm³/mol. The average Bonchev–Trinajstić information content (AvgIpc) is 3.01. The molecule has 2 aromatic rings. The Morgan fingerprint density at radius 2 is 2.00 bits per heavy atom. The van der Waals surface area contributed by atoms with Crippen molar-refractivity contribution in [3.8, 4) is 0 Å². The first-order valence-corrected chi connectivity index (χ1v) is 8.29. The lowest BCUT2D eigenvalue weighted by atomic mass is 10.2. The number of hydrogen-bond acceptors (Lipinski definition) is 5. The first-order chi connectivity index (χ1) is 11.9. The lowest BCUT2D eigenvalue weighted by Gasteiger charge is -2.19. The Balaban J connectivity index is 2.00. The van der Waals surface area contributed by atoms with E-state index in [0.29, 0.717) is 5.56 Å². The van der Waals surface area contributed by atoms with Crippen LogP contribution in [0.25, 0.3) is 0 Å². The van der Waals surface area contributed by atoms with Crippen molar-refractivity contribution in [2.24, 2.45) is 5.10 Å². The molecule has 0 N–H and O–H groups in total. The Hall–Kier alpha value is -2.45. The molecule has 0 bridgehead atoms. The molecule has 9 heteroatoms. The van der Waals surface area contributed by atoms with Gasteiger partial charge in [-0.25, -0.2) is 0 Å². The fourth-order valence-corrected chi connectivity index (χ4v) is 2.77. The molecule has 0 fully saturated rings. The van der Waals surface area contributed by atoms with E-state index in [-0.39, 0.29) is 28.1 Å². The Bertz CT molecular complexity index is 885. The number of rotatable bonds is 3. The van der Waals surface area contributed by atoms with Crippen LogP contribution in [0.5, 0.6) is 0 Å². The zero-order valence-corrected chi connectivity index (χ0v) is 15.2. The average molecular weight is 425 g/mol. The minimum atomic E-state index is -0.768. The summed E-state index contributed by atoms with van der Waals surface area (Å²) in [5.41, 5.74) is 0.813. The van der Waals surface area contributed by atoms with Crippen LogP contribution in [0, 0.1) is 10.1 Å². The topological polar surface area (TPSA) is 85.0 Å². The first-order valence-electron chi connectivity index (χ1n) is 7.11. The quantitative estimate of drug-likeness (QED) is 0.544. The number of nitro benzene ring substituents is 1. The molecule has 1 aliphatic rings. The van der Waals surface area contributed by atoms with Crippen LogP contribution in [0.1, 0.15) is 24.3 Å². The lowest BCUT2D eigenvalue weighted by molar-refractivity contribution is -0.384. The Kier molecular flexibility index (Phi) is 4.73. The smallest absolute Gasteiger partial charge is 0.270 e. The van der Waals surface area contributed by atoms with Gasteiger partial charge in [0.05, 0.1) is 15.5 Å². The highest BCUT2D eigenvalue weighted by Gasteiger charge is 2.34. The third-order valence-electron chi connectivity index (χ3n) is 3.51. The molecule has 1 amide bonds. The number of hydrogen-bond donors (Lipinski definition) is 0. The predicted octanol–water partition coefficient (Wildman–Crippen LogP) is 4.25. The monoisotopic (exact) mass is 423 g/mol. The normalized spacial score (nSPS) is 16.4. The minimum absolute atomic E-state index is 0.0526. The van der Waals surface area contributed by atoms with E-state index < -0.39 is 11.2 Å². The standard InChI is InChI=1S/C16H11BrClN3O4/c1-9(22)20-16(10-2-4-11(17)5-3-10)25-15(19-20)13-8-12(21(23)24)6-7-14(13)18/h2-8,16H,1H3/t16-/m1/s1. The summed E-state index contributed by atoms with van der Waals surface area (Å²) < 4.78 is 6.68. The highest BCUT2D eigenvalue weighted by atomic mass is 79.9. The number of ether oxygens (including phenoxy) is 1. The zero-order valence-electron chi connectivity index (χ0n) is 12.8. The largest absolute Gasteiger partial charge is 0.446 e. The molecule has 128 valence electrons. The van der Waals surface area contributed by atoms with Gasteiger partial charge in [-0.05, 0) is 18.2 Å². The number of carbonyl (C=O) groups excluding carboxylic acids is 1. The SMILES string of the molecule is CC(=O)N1N=C(c2cc([N+](=O)[O-])ccc2Cl)O[C@@H]1c1ccc(Br)cc1. The van der Waals surface area contributed by atoms with Crippen molar-refractivity contribution in [2.45, 2.75) is 13.2 Å². The lowest BCUT2D eigenvalue weighted by Crippen LogP contribution is -2.25. The first kappa shape index (κ1) is 17.4. The number of hydrazone groups is 1. The minimum Gasteiger partial charge on any atom is -0.446 e. The summed E-state index contributed by atoms with van der Waals surface area (Å²) in [6, 6.07) is 11.2. The fraction of sp³-hybridized carbons (Fsp3) is 0.125. The number of non-ortho nitro benzene ring substituents is 1. The van der Waals surface area contributed by atoms with Crippen LogP contribution in [0.4, 0.5) is 5.69 Å². The molecule has 1 atom stereocenters. The van der Waals surface area contributed by atoms with E-state index >= 15 is 0 Å². The van der Waals surface area contributed by atoms with Crippen LogP contribution in [0.15, 0.2) is 52.0 Å². The molecule has 0 spiro atoms. The molecule has 3 rings (SSSR count). The maximum Gasteiger partial charge on any atom is 0.270 e. The second-order valence-electron chi connectivity index (χ2n) is 5.21. The van der Waals surface area contributed by atoms with E-state index in [9.17, 15) is 14.9 Å². The van der Waals surface area contributed by atoms with Crippen molar-refractivity contribution >= 4 is 45.0 Å². The van der Waals surface area contributed by atoms with Crippen LogP contribution in [0.2, 0.25) is 5.02 Å². The van der Waals surface area contributed by atoms with Crippen LogP contribution in [-0.2, 0) is 9.53 Å². The van der Waals surface area contributed by atoms with Crippen molar-refractivity contribution in [3.63, 3.8) is 0 Å². The summed E-state index contributed by atoms with van der Waals surface area (Å²) >= 11 is 9.48. The van der Waals surface area contributed by atoms with Gasteiger partial charge in [0.25, 0.3) is 5.69 Å². The van der Waals surface area contributed by atoms with Crippen molar-refractivity contribution < 1.29 is 14.5 Å². The molecule has 1 heterocycles. The van der Waals surface area contributed by atoms with Gasteiger partial charge in [0.15, 0.2) is 0 Å². The molecule has 0 aliphatic carbocycles. The second kappa shape index (κ2) is 6.81. The van der Waals surface area contributed by atoms with E-state index in [2.05, 4.69) is 21.0 Å². The summed E-state index contributed by atoms with van der Waals surface area (Å²) in [6.07, 6.45) is -0.768. The summed E-state index contributed by atoms with van der Waals surface area (Å²) in [6.45, 7) is 1.36. The maximum absolute atomic E-state index is 11.9. The molecular weight excluding hydrogens is 414 g/mol. The van der Waals surface area contributed by atoms with Gasteiger partial charge in [-0.1, -0.05) is 39.7 Å². The number of benzene rings is 2. The van der Waals surface area contributed by atoms with Gasteiger partial charge < -0.3 is 4.74 Å². The van der Waals surface area contributed by atoms with E-state index in [1.54, 1.807) is 12.1 Å². The van der Waals surface area contributed by atoms with Gasteiger partial charge in [0.1, 0.15) is 0 Å². The Morgan fingerprint density at radius 1 is 1.32 bits per heavy atom. The molecule has 25 heavy (non-hydrogen) atoms. The van der Waals surface area contributed by atoms with Crippen molar-refractivity contribution in [3.05, 3.63) is 73.2 Å². The van der Waals surface area contributed by atoms with Crippen molar-refractivity contribution in [1.29, 1.82) is 0 Å². The van der Waals surface area contributed by atoms with Gasteiger partial charge in [0.2, 0.25) is 18.0 Å². The number of halogens is 2. The van der Waals surface area contributed by atoms with Crippen molar-refractivity contribution in [1.82, 2.24) is 5.01 Å². The van der Waals surface area contributed by atoms with Crippen LogP contribution >= 0.6 is 27.5 Å². The molecule has 1 aliphatic heterocycles. The number of carbonyl (C=O) groups is 1. The van der Waals surface area contributed by atoms with E-state index in [0.717, 1.165) is 4.47 Å². The molecule has 0 radical (unpaired) electrons. The molecule has 0 saturated carbocycles. The van der Waals surface area contributed by atoms with E-state index in [1.165, 1.54) is 30.1 Å². The maximum atomic E-state index is 11.9.